The van der Waals surface area contributed by atoms with Gasteiger partial charge in [-0.05, 0) is 56.1 Å². The van der Waals surface area contributed by atoms with Crippen LogP contribution in [-0.4, -0.2) is 33.9 Å². The van der Waals surface area contributed by atoms with Crippen LogP contribution >= 0.6 is 0 Å². The van der Waals surface area contributed by atoms with Crippen LogP contribution in [0, 0.1) is 5.92 Å². The predicted octanol–water partition coefficient (Wildman–Crippen LogP) is 3.52. The van der Waals surface area contributed by atoms with Gasteiger partial charge in [0.15, 0.2) is 0 Å². The summed E-state index contributed by atoms with van der Waals surface area (Å²) in [6.07, 6.45) is 5.53. The quantitative estimate of drug-likeness (QED) is 0.918. The number of aromatic nitrogens is 1. The van der Waals surface area contributed by atoms with E-state index in [9.17, 15) is 9.90 Å². The van der Waals surface area contributed by atoms with Crippen LogP contribution in [0.5, 0.6) is 5.75 Å². The summed E-state index contributed by atoms with van der Waals surface area (Å²) in [6, 6.07) is 7.41. The maximum atomic E-state index is 12.0. The number of carbonyl (C=O) groups excluding carboxylic acids is 1. The van der Waals surface area contributed by atoms with Gasteiger partial charge >= 0.3 is 0 Å². The number of fused-ring (bicyclic) bond motifs is 1. The molecule has 0 aliphatic carbocycles. The Balaban J connectivity index is 1.60. The molecule has 3 rings (SSSR count). The minimum absolute atomic E-state index is 0.247. The molecule has 4 nitrogen and oxygen atoms in total. The van der Waals surface area contributed by atoms with Gasteiger partial charge in [0, 0.05) is 36.5 Å². The molecule has 122 valence electrons. The monoisotopic (exact) mass is 312 g/mol. The van der Waals surface area contributed by atoms with E-state index in [0.717, 1.165) is 56.2 Å². The van der Waals surface area contributed by atoms with Crippen LogP contribution in [0.2, 0.25) is 0 Å². The Hall–Kier alpha value is -1.94. The molecule has 2 aromatic rings. The number of likely N-dealkylation sites (tertiary alicyclic amines) is 1. The summed E-state index contributed by atoms with van der Waals surface area (Å²) in [5.41, 5.74) is 2.00. The van der Waals surface area contributed by atoms with E-state index in [0.29, 0.717) is 5.78 Å². The van der Waals surface area contributed by atoms with Gasteiger partial charge in [-0.25, -0.2) is 0 Å². The number of Topliss-reactive ketones (excluding diaryl/α,β-unsaturated/α-hetero) is 1. The molecule has 1 N–H and O–H groups in total. The van der Waals surface area contributed by atoms with Crippen LogP contribution in [0.4, 0.5) is 0 Å². The van der Waals surface area contributed by atoms with Crippen molar-refractivity contribution in [2.75, 3.05) is 13.1 Å². The fourth-order valence-corrected chi connectivity index (χ4v) is 3.36. The summed E-state index contributed by atoms with van der Waals surface area (Å²) in [5.74, 6) is 0.958. The van der Waals surface area contributed by atoms with Crippen molar-refractivity contribution in [2.45, 2.75) is 39.2 Å². The van der Waals surface area contributed by atoms with E-state index in [1.165, 1.54) is 5.56 Å². The van der Waals surface area contributed by atoms with Crippen molar-refractivity contribution in [1.82, 2.24) is 9.88 Å². The molecule has 1 aromatic heterocycles. The van der Waals surface area contributed by atoms with Gasteiger partial charge < -0.3 is 5.11 Å². The van der Waals surface area contributed by atoms with Crippen molar-refractivity contribution in [3.8, 4) is 5.75 Å². The molecule has 1 aromatic carbocycles. The van der Waals surface area contributed by atoms with Crippen LogP contribution < -0.4 is 0 Å². The van der Waals surface area contributed by atoms with Gasteiger partial charge in [0.2, 0.25) is 0 Å². The third kappa shape index (κ3) is 3.88. The normalized spacial score (nSPS) is 16.7. The second kappa shape index (κ2) is 7.09. The van der Waals surface area contributed by atoms with Crippen LogP contribution in [0.3, 0.4) is 0 Å². The molecule has 0 bridgehead atoms. The van der Waals surface area contributed by atoms with Crippen molar-refractivity contribution in [2.24, 2.45) is 5.92 Å². The first kappa shape index (κ1) is 15.9. The Bertz CT molecular complexity index is 691. The van der Waals surface area contributed by atoms with Gasteiger partial charge in [0.05, 0.1) is 5.52 Å². The number of phenols is 1. The highest BCUT2D eigenvalue weighted by atomic mass is 16.3. The topological polar surface area (TPSA) is 53.4 Å². The first-order chi connectivity index (χ1) is 11.2. The smallest absolute Gasteiger partial charge is 0.136 e. The lowest BCUT2D eigenvalue weighted by atomic mass is 9.90. The lowest BCUT2D eigenvalue weighted by Gasteiger charge is -2.31. The van der Waals surface area contributed by atoms with Crippen molar-refractivity contribution in [3.63, 3.8) is 0 Å². The van der Waals surface area contributed by atoms with Crippen molar-refractivity contribution >= 4 is 16.7 Å². The predicted molar refractivity (Wildman–Crippen MR) is 91.3 cm³/mol. The van der Waals surface area contributed by atoms with Gasteiger partial charge in [0.25, 0.3) is 0 Å². The Labute approximate surface area is 137 Å². The van der Waals surface area contributed by atoms with Gasteiger partial charge in [-0.15, -0.1) is 0 Å². The largest absolute Gasteiger partial charge is 0.508 e. The van der Waals surface area contributed by atoms with E-state index in [1.807, 2.05) is 12.3 Å². The summed E-state index contributed by atoms with van der Waals surface area (Å²) in [7, 11) is 0. The zero-order chi connectivity index (χ0) is 16.2. The Morgan fingerprint density at radius 1 is 1.30 bits per heavy atom. The third-order valence-electron chi connectivity index (χ3n) is 4.67. The molecule has 0 spiro atoms. The standard InChI is InChI=1S/C19H24N2O2/c1-2-3-19(23)15-6-8-21(9-7-15)13-14-10-16-4-5-17(22)11-18(16)20-12-14/h4-5,10-12,15,22H,2-3,6-9,13H2,1H3. The van der Waals surface area contributed by atoms with Crippen LogP contribution in [0.15, 0.2) is 30.5 Å². The molecule has 23 heavy (non-hydrogen) atoms. The second-order valence-corrected chi connectivity index (χ2v) is 6.49. The lowest BCUT2D eigenvalue weighted by molar-refractivity contribution is -0.124. The van der Waals surface area contributed by atoms with E-state index in [4.69, 9.17) is 0 Å². The molecule has 1 fully saturated rings. The number of phenolic OH excluding ortho intramolecular Hbond substituents is 1. The summed E-state index contributed by atoms with van der Waals surface area (Å²) < 4.78 is 0. The first-order valence-electron chi connectivity index (χ1n) is 8.48. The molecule has 0 radical (unpaired) electrons. The highest BCUT2D eigenvalue weighted by Crippen LogP contribution is 2.23. The van der Waals surface area contributed by atoms with E-state index in [2.05, 4.69) is 22.9 Å². The average Bonchev–Trinajstić information content (AvgIpc) is 2.56. The summed E-state index contributed by atoms with van der Waals surface area (Å²) in [4.78, 5) is 18.8. The zero-order valence-corrected chi connectivity index (χ0v) is 13.7. The molecule has 0 saturated carbocycles. The number of hydrogen-bond acceptors (Lipinski definition) is 4. The maximum absolute atomic E-state index is 12.0. The first-order valence-corrected chi connectivity index (χ1v) is 8.48. The van der Waals surface area contributed by atoms with Crippen LogP contribution in [-0.2, 0) is 11.3 Å². The van der Waals surface area contributed by atoms with E-state index in [-0.39, 0.29) is 11.7 Å². The highest BCUT2D eigenvalue weighted by molar-refractivity contribution is 5.81. The number of rotatable bonds is 5. The van der Waals surface area contributed by atoms with Crippen molar-refractivity contribution in [3.05, 3.63) is 36.0 Å². The summed E-state index contributed by atoms with van der Waals surface area (Å²) in [6.45, 7) is 4.90. The minimum Gasteiger partial charge on any atom is -0.508 e. The molecule has 0 amide bonds. The third-order valence-corrected chi connectivity index (χ3v) is 4.67. The fraction of sp³-hybridized carbons (Fsp3) is 0.474. The van der Waals surface area contributed by atoms with Crippen molar-refractivity contribution in [1.29, 1.82) is 0 Å². The number of hydrogen-bond donors (Lipinski definition) is 1. The number of piperidine rings is 1. The molecule has 4 heteroatoms. The Morgan fingerprint density at radius 2 is 2.09 bits per heavy atom. The Kier molecular flexibility index (Phi) is 4.91. The summed E-state index contributed by atoms with van der Waals surface area (Å²) >= 11 is 0. The Morgan fingerprint density at radius 3 is 2.83 bits per heavy atom. The average molecular weight is 312 g/mol. The number of benzene rings is 1. The molecule has 2 heterocycles. The number of pyridine rings is 1. The molecule has 1 aliphatic rings. The summed E-state index contributed by atoms with van der Waals surface area (Å²) in [5, 5.41) is 10.5. The molecular formula is C19H24N2O2. The number of ketones is 1. The molecule has 1 saturated heterocycles. The van der Waals surface area contributed by atoms with Gasteiger partial charge in [0.1, 0.15) is 11.5 Å². The SMILES string of the molecule is CCCC(=O)C1CCN(Cc2cnc3cc(O)ccc3c2)CC1. The molecule has 0 atom stereocenters. The maximum Gasteiger partial charge on any atom is 0.136 e. The zero-order valence-electron chi connectivity index (χ0n) is 13.7. The molecule has 1 aliphatic heterocycles. The second-order valence-electron chi connectivity index (χ2n) is 6.49. The fourth-order valence-electron chi connectivity index (χ4n) is 3.36. The lowest BCUT2D eigenvalue weighted by Crippen LogP contribution is -2.35. The minimum atomic E-state index is 0.247. The van der Waals surface area contributed by atoms with Crippen molar-refractivity contribution < 1.29 is 9.90 Å². The highest BCUT2D eigenvalue weighted by Gasteiger charge is 2.24. The van der Waals surface area contributed by atoms with Crippen LogP contribution in [0.1, 0.15) is 38.2 Å². The van der Waals surface area contributed by atoms with Gasteiger partial charge in [-0.1, -0.05) is 6.92 Å². The van der Waals surface area contributed by atoms with E-state index >= 15 is 0 Å². The number of carbonyl (C=O) groups is 1. The number of nitrogens with zero attached hydrogens (tertiary/aromatic N) is 2. The van der Waals surface area contributed by atoms with Gasteiger partial charge in [-0.3, -0.25) is 14.7 Å². The molecule has 0 unspecified atom stereocenters. The van der Waals surface area contributed by atoms with E-state index in [1.54, 1.807) is 12.1 Å². The van der Waals surface area contributed by atoms with Gasteiger partial charge in [-0.2, -0.15) is 0 Å². The number of aromatic hydroxyl groups is 1. The molecular weight excluding hydrogens is 288 g/mol. The van der Waals surface area contributed by atoms with E-state index < -0.39 is 0 Å². The van der Waals surface area contributed by atoms with Crippen LogP contribution in [0.25, 0.3) is 10.9 Å².